The highest BCUT2D eigenvalue weighted by atomic mass is 79.9. The van der Waals surface area contributed by atoms with Crippen LogP contribution in [0, 0.1) is 19.8 Å². The maximum atomic E-state index is 14.4. The zero-order valence-corrected chi connectivity index (χ0v) is 18.5. The molecule has 0 bridgehead atoms. The summed E-state index contributed by atoms with van der Waals surface area (Å²) in [6, 6.07) is 8.89. The first kappa shape index (κ1) is 21.6. The summed E-state index contributed by atoms with van der Waals surface area (Å²) in [5, 5.41) is 17.3. The minimum atomic E-state index is -1.49. The molecule has 31 heavy (non-hydrogen) atoms. The van der Waals surface area contributed by atoms with Gasteiger partial charge in [-0.1, -0.05) is 28.1 Å². The lowest BCUT2D eigenvalue weighted by Gasteiger charge is -2.18. The van der Waals surface area contributed by atoms with Crippen molar-refractivity contribution in [2.75, 3.05) is 5.32 Å². The monoisotopic (exact) mass is 486 g/mol. The van der Waals surface area contributed by atoms with Crippen LogP contribution in [0.2, 0.25) is 0 Å². The molecule has 0 aliphatic heterocycles. The zero-order valence-electron chi connectivity index (χ0n) is 16.9. The Bertz CT molecular complexity index is 1110. The van der Waals surface area contributed by atoms with Gasteiger partial charge in [0.15, 0.2) is 0 Å². The molecule has 1 aliphatic rings. The molecule has 0 unspecified atom stereocenters. The van der Waals surface area contributed by atoms with Gasteiger partial charge in [0.1, 0.15) is 24.0 Å². The first-order valence-electron chi connectivity index (χ1n) is 9.89. The predicted octanol–water partition coefficient (Wildman–Crippen LogP) is 3.36. The average Bonchev–Trinajstić information content (AvgIpc) is 3.22. The van der Waals surface area contributed by atoms with Crippen LogP contribution in [0.1, 0.15) is 33.7 Å². The van der Waals surface area contributed by atoms with Crippen LogP contribution < -0.4 is 5.32 Å². The van der Waals surface area contributed by atoms with Crippen LogP contribution in [0.25, 0.3) is 0 Å². The molecule has 2 aromatic heterocycles. The number of hydrogen-bond acceptors (Lipinski definition) is 6. The SMILES string of the molecule is [CH2][C@@H]1C[C@@H](Nc2ncncc2C(=O)c2cc(C)n(Cc3cccc(Br)c3)n2)[C@@H](F)[C@@H]1O. The number of nitrogens with one attached hydrogen (secondary N) is 1. The Balaban J connectivity index is 1.57. The molecule has 2 heterocycles. The third-order valence-electron chi connectivity index (χ3n) is 5.46. The highest BCUT2D eigenvalue weighted by Gasteiger charge is 2.41. The van der Waals surface area contributed by atoms with Gasteiger partial charge in [0.2, 0.25) is 5.78 Å². The molecular weight excluding hydrogens is 465 g/mol. The maximum Gasteiger partial charge on any atom is 0.218 e. The molecule has 1 saturated carbocycles. The van der Waals surface area contributed by atoms with Gasteiger partial charge in [0.25, 0.3) is 0 Å². The molecule has 9 heteroatoms. The van der Waals surface area contributed by atoms with Crippen LogP contribution in [0.3, 0.4) is 0 Å². The van der Waals surface area contributed by atoms with Gasteiger partial charge in [-0.2, -0.15) is 5.10 Å². The fraction of sp³-hybridized carbons (Fsp3) is 0.318. The highest BCUT2D eigenvalue weighted by Crippen LogP contribution is 2.31. The maximum absolute atomic E-state index is 14.4. The number of benzene rings is 1. The summed E-state index contributed by atoms with van der Waals surface area (Å²) in [7, 11) is 0. The molecule has 3 aromatic rings. The summed E-state index contributed by atoms with van der Waals surface area (Å²) in [5.74, 6) is -0.572. The van der Waals surface area contributed by atoms with Crippen LogP contribution >= 0.6 is 15.9 Å². The van der Waals surface area contributed by atoms with Crippen molar-refractivity contribution in [3.8, 4) is 0 Å². The topological polar surface area (TPSA) is 92.9 Å². The number of carbonyl (C=O) groups is 1. The molecule has 1 radical (unpaired) electrons. The second-order valence-corrected chi connectivity index (χ2v) is 8.67. The Morgan fingerprint density at radius 1 is 1.42 bits per heavy atom. The number of aromatic nitrogens is 4. The molecule has 7 nitrogen and oxygen atoms in total. The molecule has 4 atom stereocenters. The smallest absolute Gasteiger partial charge is 0.218 e. The summed E-state index contributed by atoms with van der Waals surface area (Å²) < 4.78 is 17.1. The van der Waals surface area contributed by atoms with E-state index in [4.69, 9.17) is 0 Å². The van der Waals surface area contributed by atoms with Gasteiger partial charge in [-0.3, -0.25) is 9.48 Å². The Kier molecular flexibility index (Phi) is 6.15. The second-order valence-electron chi connectivity index (χ2n) is 7.75. The van der Waals surface area contributed by atoms with Crippen molar-refractivity contribution in [2.45, 2.75) is 38.2 Å². The lowest BCUT2D eigenvalue weighted by Crippen LogP contribution is -2.32. The molecule has 161 valence electrons. The van der Waals surface area contributed by atoms with E-state index in [1.807, 2.05) is 31.2 Å². The zero-order chi connectivity index (χ0) is 22.1. The number of hydrogen-bond donors (Lipinski definition) is 2. The normalized spacial score (nSPS) is 23.1. The summed E-state index contributed by atoms with van der Waals surface area (Å²) in [6.07, 6.45) is 0.374. The Labute approximate surface area is 187 Å². The van der Waals surface area contributed by atoms with E-state index in [1.165, 1.54) is 12.5 Å². The number of nitrogens with zero attached hydrogens (tertiary/aromatic N) is 4. The molecule has 0 saturated heterocycles. The number of aliphatic hydroxyl groups excluding tert-OH is 1. The van der Waals surface area contributed by atoms with Crippen molar-refractivity contribution in [3.05, 3.63) is 76.8 Å². The Hall–Kier alpha value is -2.65. The van der Waals surface area contributed by atoms with Gasteiger partial charge in [0, 0.05) is 16.4 Å². The van der Waals surface area contributed by atoms with Gasteiger partial charge in [0.05, 0.1) is 24.3 Å². The van der Waals surface area contributed by atoms with E-state index in [0.29, 0.717) is 13.0 Å². The Morgan fingerprint density at radius 3 is 2.94 bits per heavy atom. The highest BCUT2D eigenvalue weighted by molar-refractivity contribution is 9.10. The minimum absolute atomic E-state index is 0.198. The van der Waals surface area contributed by atoms with E-state index in [-0.39, 0.29) is 22.9 Å². The van der Waals surface area contributed by atoms with Crippen LogP contribution in [-0.2, 0) is 6.54 Å². The number of aliphatic hydroxyl groups is 1. The van der Waals surface area contributed by atoms with Gasteiger partial charge in [-0.05, 0) is 49.9 Å². The van der Waals surface area contributed by atoms with Crippen molar-refractivity contribution in [3.63, 3.8) is 0 Å². The summed E-state index contributed by atoms with van der Waals surface area (Å²) in [6.45, 7) is 6.17. The molecule has 0 amide bonds. The Morgan fingerprint density at radius 2 is 2.23 bits per heavy atom. The van der Waals surface area contributed by atoms with Crippen molar-refractivity contribution in [1.29, 1.82) is 0 Å². The molecule has 4 rings (SSSR count). The number of ketones is 1. The van der Waals surface area contributed by atoms with E-state index < -0.39 is 24.2 Å². The van der Waals surface area contributed by atoms with Crippen molar-refractivity contribution in [2.24, 2.45) is 5.92 Å². The standard InChI is InChI=1S/C22H22BrFN5O2/c1-12-6-17(19(24)20(12)30)27-22-16(9-25-11-26-22)21(31)18-7-13(2)29(28-18)10-14-4-3-5-15(23)8-14/h3-5,7-9,11-12,17,19-20,30H,1,6,10H2,2H3,(H,25,26,27)/t12-,17-,19-,20-/m1/s1. The molecule has 2 N–H and O–H groups in total. The first-order valence-corrected chi connectivity index (χ1v) is 10.7. The summed E-state index contributed by atoms with van der Waals surface area (Å²) >= 11 is 3.46. The summed E-state index contributed by atoms with van der Waals surface area (Å²) in [4.78, 5) is 21.2. The van der Waals surface area contributed by atoms with Crippen molar-refractivity contribution < 1.29 is 14.3 Å². The van der Waals surface area contributed by atoms with Gasteiger partial charge >= 0.3 is 0 Å². The van der Waals surface area contributed by atoms with Gasteiger partial charge in [-0.15, -0.1) is 0 Å². The third kappa shape index (κ3) is 4.52. The number of carbonyl (C=O) groups excluding carboxylic acids is 1. The quantitative estimate of drug-likeness (QED) is 0.519. The molecule has 1 aliphatic carbocycles. The molecule has 1 fully saturated rings. The van der Waals surface area contributed by atoms with E-state index in [2.05, 4.69) is 43.2 Å². The number of aryl methyl sites for hydroxylation is 1. The van der Waals surface area contributed by atoms with Gasteiger partial charge < -0.3 is 10.4 Å². The number of anilines is 1. The van der Waals surface area contributed by atoms with E-state index >= 15 is 0 Å². The predicted molar refractivity (Wildman–Crippen MR) is 117 cm³/mol. The van der Waals surface area contributed by atoms with Crippen LogP contribution in [0.5, 0.6) is 0 Å². The molecule has 1 aromatic carbocycles. The van der Waals surface area contributed by atoms with Crippen molar-refractivity contribution in [1.82, 2.24) is 19.7 Å². The first-order chi connectivity index (χ1) is 14.8. The van der Waals surface area contributed by atoms with E-state index in [9.17, 15) is 14.3 Å². The average molecular weight is 487 g/mol. The lowest BCUT2D eigenvalue weighted by atomic mass is 10.1. The third-order valence-corrected chi connectivity index (χ3v) is 5.96. The van der Waals surface area contributed by atoms with E-state index in [0.717, 1.165) is 15.7 Å². The minimum Gasteiger partial charge on any atom is -0.390 e. The van der Waals surface area contributed by atoms with Crippen molar-refractivity contribution >= 4 is 27.5 Å². The summed E-state index contributed by atoms with van der Waals surface area (Å²) in [5.41, 5.74) is 2.33. The van der Waals surface area contributed by atoms with Gasteiger partial charge in [-0.25, -0.2) is 14.4 Å². The van der Waals surface area contributed by atoms with Crippen LogP contribution in [0.15, 0.2) is 47.3 Å². The second kappa shape index (κ2) is 8.84. The number of rotatable bonds is 6. The number of halogens is 2. The fourth-order valence-electron chi connectivity index (χ4n) is 3.75. The lowest BCUT2D eigenvalue weighted by molar-refractivity contribution is 0.0793. The molecule has 0 spiro atoms. The molecular formula is C22H22BrFN5O2. The van der Waals surface area contributed by atoms with Crippen LogP contribution in [-0.4, -0.2) is 49.0 Å². The fourth-order valence-corrected chi connectivity index (χ4v) is 4.19. The van der Waals surface area contributed by atoms with E-state index in [1.54, 1.807) is 10.7 Å². The van der Waals surface area contributed by atoms with Crippen LogP contribution in [0.4, 0.5) is 10.2 Å². The number of alkyl halides is 1. The largest absolute Gasteiger partial charge is 0.390 e.